The number of nitrogens with one attached hydrogen (secondary N) is 3. The third kappa shape index (κ3) is 13.0. The van der Waals surface area contributed by atoms with Gasteiger partial charge in [-0.2, -0.15) is 11.8 Å². The van der Waals surface area contributed by atoms with Crippen molar-refractivity contribution in [2.45, 2.75) is 62.7 Å². The number of unbranched alkanes of at least 4 members (excludes halogenated alkanes) is 1. The smallest absolute Gasteiger partial charge is 0.326 e. The predicted octanol–water partition coefficient (Wildman–Crippen LogP) is -2.92. The zero-order valence-corrected chi connectivity index (χ0v) is 19.8. The van der Waals surface area contributed by atoms with Crippen molar-refractivity contribution in [1.82, 2.24) is 16.0 Å². The summed E-state index contributed by atoms with van der Waals surface area (Å²) in [4.78, 5) is 71.3. The van der Waals surface area contributed by atoms with Crippen LogP contribution in [0.5, 0.6) is 0 Å². The highest BCUT2D eigenvalue weighted by Crippen LogP contribution is 2.05. The fourth-order valence-corrected chi connectivity index (χ4v) is 3.24. The molecule has 4 atom stereocenters. The molecule has 14 nitrogen and oxygen atoms in total. The molecule has 0 rings (SSSR count). The molecule has 0 heterocycles. The van der Waals surface area contributed by atoms with Gasteiger partial charge in [0.25, 0.3) is 0 Å². The molecule has 194 valence electrons. The number of hydrogen-bond acceptors (Lipinski definition) is 9. The Morgan fingerprint density at radius 3 is 1.88 bits per heavy atom. The van der Waals surface area contributed by atoms with Gasteiger partial charge in [0.15, 0.2) is 0 Å². The molecule has 15 heteroatoms. The zero-order chi connectivity index (χ0) is 26.3. The van der Waals surface area contributed by atoms with E-state index in [2.05, 4.69) is 16.0 Å². The second-order valence-corrected chi connectivity index (χ2v) is 8.45. The molecular weight excluding hydrogens is 472 g/mol. The number of aliphatic carboxylic acids is 2. The first-order chi connectivity index (χ1) is 15.9. The Balaban J connectivity index is 5.51. The number of rotatable bonds is 18. The Labute approximate surface area is 201 Å². The summed E-state index contributed by atoms with van der Waals surface area (Å²) in [6.07, 6.45) is 1.61. The summed E-state index contributed by atoms with van der Waals surface area (Å²) in [6, 6.07) is -5.38. The van der Waals surface area contributed by atoms with Gasteiger partial charge in [-0.15, -0.1) is 0 Å². The monoisotopic (exact) mass is 506 g/mol. The van der Waals surface area contributed by atoms with Crippen LogP contribution in [0.3, 0.4) is 0 Å². The number of amides is 4. The van der Waals surface area contributed by atoms with Gasteiger partial charge in [-0.1, -0.05) is 0 Å². The van der Waals surface area contributed by atoms with E-state index in [1.54, 1.807) is 0 Å². The summed E-state index contributed by atoms with van der Waals surface area (Å²) >= 11 is 1.47. The summed E-state index contributed by atoms with van der Waals surface area (Å²) < 4.78 is 0. The maximum atomic E-state index is 12.8. The number of carbonyl (C=O) groups is 6. The molecule has 0 bridgehead atoms. The van der Waals surface area contributed by atoms with Crippen LogP contribution in [0.2, 0.25) is 0 Å². The minimum atomic E-state index is -1.73. The number of nitrogens with two attached hydrogens (primary N) is 3. The van der Waals surface area contributed by atoms with E-state index in [1.807, 2.05) is 6.26 Å². The lowest BCUT2D eigenvalue weighted by Gasteiger charge is -2.24. The number of primary amides is 1. The molecule has 0 fully saturated rings. The summed E-state index contributed by atoms with van der Waals surface area (Å²) in [5.41, 5.74) is 16.4. The molecule has 4 amide bonds. The zero-order valence-electron chi connectivity index (χ0n) is 19.0. The average molecular weight is 507 g/mol. The van der Waals surface area contributed by atoms with E-state index in [0.29, 0.717) is 31.6 Å². The Morgan fingerprint density at radius 1 is 0.824 bits per heavy atom. The van der Waals surface area contributed by atoms with Crippen LogP contribution in [0.4, 0.5) is 0 Å². The lowest BCUT2D eigenvalue weighted by Crippen LogP contribution is -2.57. The molecule has 0 aromatic rings. The van der Waals surface area contributed by atoms with E-state index >= 15 is 0 Å². The van der Waals surface area contributed by atoms with E-state index in [-0.39, 0.29) is 6.42 Å². The van der Waals surface area contributed by atoms with E-state index in [4.69, 9.17) is 27.4 Å². The Bertz CT molecular complexity index is 738. The third-order valence-corrected chi connectivity index (χ3v) is 5.23. The van der Waals surface area contributed by atoms with Gasteiger partial charge >= 0.3 is 11.9 Å². The van der Waals surface area contributed by atoms with Crippen molar-refractivity contribution in [3.05, 3.63) is 0 Å². The topological polar surface area (TPSA) is 257 Å². The van der Waals surface area contributed by atoms with Crippen LogP contribution in [0.15, 0.2) is 0 Å². The second kappa shape index (κ2) is 16.7. The van der Waals surface area contributed by atoms with Crippen molar-refractivity contribution in [3.8, 4) is 0 Å². The first-order valence-electron chi connectivity index (χ1n) is 10.5. The molecule has 0 saturated carbocycles. The van der Waals surface area contributed by atoms with Crippen molar-refractivity contribution < 1.29 is 39.0 Å². The summed E-state index contributed by atoms with van der Waals surface area (Å²) in [5, 5.41) is 24.8. The van der Waals surface area contributed by atoms with Gasteiger partial charge < -0.3 is 43.4 Å². The normalized spacial score (nSPS) is 14.2. The lowest BCUT2D eigenvalue weighted by molar-refractivity contribution is -0.147. The molecule has 0 saturated heterocycles. The van der Waals surface area contributed by atoms with Crippen molar-refractivity contribution in [1.29, 1.82) is 0 Å². The van der Waals surface area contributed by atoms with Crippen LogP contribution >= 0.6 is 11.8 Å². The van der Waals surface area contributed by atoms with Crippen molar-refractivity contribution in [3.63, 3.8) is 0 Å². The first kappa shape index (κ1) is 31.1. The van der Waals surface area contributed by atoms with Crippen LogP contribution in [-0.4, -0.2) is 88.5 Å². The highest BCUT2D eigenvalue weighted by molar-refractivity contribution is 7.98. The Morgan fingerprint density at radius 2 is 1.38 bits per heavy atom. The number of thioether (sulfide) groups is 1. The van der Waals surface area contributed by atoms with Crippen LogP contribution in [0.1, 0.15) is 38.5 Å². The van der Waals surface area contributed by atoms with Gasteiger partial charge in [0.05, 0.1) is 18.9 Å². The fraction of sp³-hybridized carbons (Fsp3) is 0.684. The summed E-state index contributed by atoms with van der Waals surface area (Å²) in [7, 11) is 0. The fourth-order valence-electron chi connectivity index (χ4n) is 2.75. The molecule has 0 aliphatic carbocycles. The van der Waals surface area contributed by atoms with E-state index in [1.165, 1.54) is 11.8 Å². The van der Waals surface area contributed by atoms with Gasteiger partial charge in [-0.25, -0.2) is 4.79 Å². The number of carboxylic acid groups (broad SMARTS) is 2. The molecule has 11 N–H and O–H groups in total. The highest BCUT2D eigenvalue weighted by atomic mass is 32.2. The lowest BCUT2D eigenvalue weighted by atomic mass is 10.1. The summed E-state index contributed by atoms with van der Waals surface area (Å²) in [5.74, 6) is -5.87. The minimum absolute atomic E-state index is 0.0403. The van der Waals surface area contributed by atoms with Gasteiger partial charge in [-0.3, -0.25) is 24.0 Å². The maximum absolute atomic E-state index is 12.8. The SMILES string of the molecule is CSCCC(N)C(=O)NC(CC(N)=O)C(=O)NC(CCCCN)C(=O)NC(CC(=O)O)C(=O)O. The minimum Gasteiger partial charge on any atom is -0.481 e. The quantitative estimate of drug-likeness (QED) is 0.0873. The van der Waals surface area contributed by atoms with Crippen LogP contribution in [-0.2, 0) is 28.8 Å². The molecule has 0 radical (unpaired) electrons. The summed E-state index contributed by atoms with van der Waals surface area (Å²) in [6.45, 7) is 0.299. The maximum Gasteiger partial charge on any atom is 0.326 e. The highest BCUT2D eigenvalue weighted by Gasteiger charge is 2.31. The number of hydrogen-bond donors (Lipinski definition) is 8. The predicted molar refractivity (Wildman–Crippen MR) is 123 cm³/mol. The molecular formula is C19H34N6O8S. The standard InChI is InChI=1S/C19H34N6O8S/c1-34-7-5-10(21)16(29)24-12(8-14(22)26)18(31)23-11(4-2-3-6-20)17(30)25-13(19(32)33)9-15(27)28/h10-13H,2-9,20-21H2,1H3,(H2,22,26)(H,23,31)(H,24,29)(H,25,30)(H,27,28)(H,32,33). The van der Waals surface area contributed by atoms with E-state index in [9.17, 15) is 28.8 Å². The second-order valence-electron chi connectivity index (χ2n) is 7.46. The van der Waals surface area contributed by atoms with Crippen LogP contribution in [0.25, 0.3) is 0 Å². The molecule has 0 aliphatic heterocycles. The Kier molecular flexibility index (Phi) is 15.2. The molecule has 0 aliphatic rings. The van der Waals surface area contributed by atoms with Crippen LogP contribution in [0, 0.1) is 0 Å². The first-order valence-corrected chi connectivity index (χ1v) is 11.9. The van der Waals surface area contributed by atoms with Gasteiger partial charge in [0.1, 0.15) is 18.1 Å². The van der Waals surface area contributed by atoms with E-state index < -0.39 is 72.6 Å². The van der Waals surface area contributed by atoms with Crippen molar-refractivity contribution in [2.75, 3.05) is 18.6 Å². The number of carbonyl (C=O) groups excluding carboxylic acids is 4. The van der Waals surface area contributed by atoms with Crippen molar-refractivity contribution in [2.24, 2.45) is 17.2 Å². The average Bonchev–Trinajstić information content (AvgIpc) is 2.74. The molecule has 0 aromatic heterocycles. The number of carboxylic acids is 2. The molecule has 4 unspecified atom stereocenters. The van der Waals surface area contributed by atoms with Crippen molar-refractivity contribution >= 4 is 47.3 Å². The molecule has 0 aromatic carbocycles. The molecule has 34 heavy (non-hydrogen) atoms. The van der Waals surface area contributed by atoms with E-state index in [0.717, 1.165) is 0 Å². The van der Waals surface area contributed by atoms with Crippen LogP contribution < -0.4 is 33.2 Å². The third-order valence-electron chi connectivity index (χ3n) is 4.58. The molecule has 0 spiro atoms. The van der Waals surface area contributed by atoms with Gasteiger partial charge in [0.2, 0.25) is 23.6 Å². The Hall–Kier alpha value is -2.91. The van der Waals surface area contributed by atoms with Gasteiger partial charge in [0, 0.05) is 0 Å². The van der Waals surface area contributed by atoms with Gasteiger partial charge in [-0.05, 0) is 44.2 Å². The largest absolute Gasteiger partial charge is 0.481 e.